The molecule has 2 nitrogen and oxygen atoms in total. The molecule has 3 heteroatoms. The summed E-state index contributed by atoms with van der Waals surface area (Å²) in [5, 5.41) is 5.50. The van der Waals surface area contributed by atoms with Gasteiger partial charge < -0.3 is 5.32 Å². The quantitative estimate of drug-likeness (QED) is 0.877. The van der Waals surface area contributed by atoms with Crippen LogP contribution in [0.15, 0.2) is 35.8 Å². The number of hydrogen-bond acceptors (Lipinski definition) is 3. The Morgan fingerprint density at radius 2 is 2.06 bits per heavy atom. The molecule has 3 rings (SSSR count). The lowest BCUT2D eigenvalue weighted by Gasteiger charge is -2.22. The van der Waals surface area contributed by atoms with Gasteiger partial charge in [0.1, 0.15) is 0 Å². The third kappa shape index (κ3) is 2.40. The van der Waals surface area contributed by atoms with E-state index in [4.69, 9.17) is 0 Å². The van der Waals surface area contributed by atoms with Crippen molar-refractivity contribution in [1.29, 1.82) is 0 Å². The molecular formula is C14H16N2S. The molecule has 0 saturated carbocycles. The maximum atomic E-state index is 4.64. The van der Waals surface area contributed by atoms with Crippen LogP contribution in [0.5, 0.6) is 0 Å². The Morgan fingerprint density at radius 3 is 2.71 bits per heavy atom. The van der Waals surface area contributed by atoms with Crippen molar-refractivity contribution in [2.45, 2.75) is 18.8 Å². The fourth-order valence-corrected chi connectivity index (χ4v) is 3.07. The van der Waals surface area contributed by atoms with E-state index >= 15 is 0 Å². The van der Waals surface area contributed by atoms with Crippen molar-refractivity contribution in [2.24, 2.45) is 0 Å². The summed E-state index contributed by atoms with van der Waals surface area (Å²) in [6.45, 7) is 2.25. The molecular weight excluding hydrogens is 228 g/mol. The summed E-state index contributed by atoms with van der Waals surface area (Å²) in [4.78, 5) is 5.94. The fourth-order valence-electron chi connectivity index (χ4n) is 2.35. The first-order chi connectivity index (χ1) is 8.43. The highest BCUT2D eigenvalue weighted by molar-refractivity contribution is 7.13. The van der Waals surface area contributed by atoms with Gasteiger partial charge in [-0.2, -0.15) is 0 Å². The Balaban J connectivity index is 1.80. The summed E-state index contributed by atoms with van der Waals surface area (Å²) in [5.41, 5.74) is 2.49. The second kappa shape index (κ2) is 4.98. The molecule has 0 radical (unpaired) electrons. The first kappa shape index (κ1) is 10.9. The number of thiophene rings is 1. The van der Waals surface area contributed by atoms with E-state index in [1.807, 2.05) is 6.20 Å². The largest absolute Gasteiger partial charge is 0.317 e. The minimum absolute atomic E-state index is 0.647. The molecule has 0 unspecified atom stereocenters. The van der Waals surface area contributed by atoms with Gasteiger partial charge in [0.05, 0.1) is 0 Å². The van der Waals surface area contributed by atoms with Gasteiger partial charge in [0, 0.05) is 28.2 Å². The highest BCUT2D eigenvalue weighted by Gasteiger charge is 2.16. The SMILES string of the molecule is c1csc(-c2ccc(C3CCNCC3)nc2)c1. The maximum absolute atomic E-state index is 4.64. The predicted molar refractivity (Wildman–Crippen MR) is 72.4 cm³/mol. The average molecular weight is 244 g/mol. The highest BCUT2D eigenvalue weighted by atomic mass is 32.1. The lowest BCUT2D eigenvalue weighted by atomic mass is 9.94. The molecule has 1 fully saturated rings. The molecule has 0 aliphatic carbocycles. The molecule has 1 aliphatic rings. The third-order valence-electron chi connectivity index (χ3n) is 3.35. The van der Waals surface area contributed by atoms with Crippen LogP contribution in [0.2, 0.25) is 0 Å². The van der Waals surface area contributed by atoms with E-state index in [9.17, 15) is 0 Å². The Kier molecular flexibility index (Phi) is 3.20. The molecule has 0 bridgehead atoms. The predicted octanol–water partition coefficient (Wildman–Crippen LogP) is 3.28. The summed E-state index contributed by atoms with van der Waals surface area (Å²) < 4.78 is 0. The summed E-state index contributed by atoms with van der Waals surface area (Å²) in [6, 6.07) is 8.63. The van der Waals surface area contributed by atoms with Gasteiger partial charge >= 0.3 is 0 Å². The molecule has 0 amide bonds. The minimum atomic E-state index is 0.647. The number of piperidine rings is 1. The van der Waals surface area contributed by atoms with Crippen LogP contribution in [0, 0.1) is 0 Å². The van der Waals surface area contributed by atoms with Crippen LogP contribution in [0.4, 0.5) is 0 Å². The fraction of sp³-hybridized carbons (Fsp3) is 0.357. The zero-order valence-corrected chi connectivity index (χ0v) is 10.5. The van der Waals surface area contributed by atoms with Crippen LogP contribution in [0.3, 0.4) is 0 Å². The molecule has 1 aliphatic heterocycles. The number of aromatic nitrogens is 1. The van der Waals surface area contributed by atoms with Gasteiger partial charge in [-0.1, -0.05) is 12.1 Å². The van der Waals surface area contributed by atoms with Crippen molar-refractivity contribution in [1.82, 2.24) is 10.3 Å². The first-order valence-corrected chi connectivity index (χ1v) is 7.02. The maximum Gasteiger partial charge on any atom is 0.0435 e. The highest BCUT2D eigenvalue weighted by Crippen LogP contribution is 2.27. The van der Waals surface area contributed by atoms with Crippen molar-refractivity contribution in [3.05, 3.63) is 41.5 Å². The number of nitrogens with zero attached hydrogens (tertiary/aromatic N) is 1. The van der Waals surface area contributed by atoms with Gasteiger partial charge in [0.2, 0.25) is 0 Å². The lowest BCUT2D eigenvalue weighted by molar-refractivity contribution is 0.453. The molecule has 3 heterocycles. The van der Waals surface area contributed by atoms with Crippen molar-refractivity contribution in [2.75, 3.05) is 13.1 Å². The number of hydrogen-bond donors (Lipinski definition) is 1. The Labute approximate surface area is 106 Å². The minimum Gasteiger partial charge on any atom is -0.317 e. The van der Waals surface area contributed by atoms with E-state index in [1.165, 1.54) is 29.0 Å². The van der Waals surface area contributed by atoms with E-state index in [1.54, 1.807) is 11.3 Å². The van der Waals surface area contributed by atoms with E-state index in [0.717, 1.165) is 13.1 Å². The van der Waals surface area contributed by atoms with Gasteiger partial charge in [0.25, 0.3) is 0 Å². The van der Waals surface area contributed by atoms with E-state index in [2.05, 4.69) is 39.9 Å². The summed E-state index contributed by atoms with van der Waals surface area (Å²) >= 11 is 1.77. The molecule has 0 atom stereocenters. The van der Waals surface area contributed by atoms with Gasteiger partial charge in [-0.3, -0.25) is 4.98 Å². The molecule has 2 aromatic heterocycles. The Hall–Kier alpha value is -1.19. The Bertz CT molecular complexity index is 455. The molecule has 1 saturated heterocycles. The average Bonchev–Trinajstić information content (AvgIpc) is 2.94. The molecule has 88 valence electrons. The summed E-state index contributed by atoms with van der Waals surface area (Å²) in [6.07, 6.45) is 4.44. The van der Waals surface area contributed by atoms with E-state index in [0.29, 0.717) is 5.92 Å². The number of nitrogens with one attached hydrogen (secondary N) is 1. The first-order valence-electron chi connectivity index (χ1n) is 6.14. The molecule has 0 aromatic carbocycles. The van der Waals surface area contributed by atoms with Gasteiger partial charge in [0.15, 0.2) is 0 Å². The normalized spacial score (nSPS) is 17.2. The molecule has 2 aromatic rings. The van der Waals surface area contributed by atoms with Gasteiger partial charge in [-0.05, 0) is 43.4 Å². The third-order valence-corrected chi connectivity index (χ3v) is 4.27. The van der Waals surface area contributed by atoms with Crippen LogP contribution in [-0.4, -0.2) is 18.1 Å². The van der Waals surface area contributed by atoms with Crippen molar-refractivity contribution >= 4 is 11.3 Å². The van der Waals surface area contributed by atoms with Crippen molar-refractivity contribution in [3.8, 4) is 10.4 Å². The van der Waals surface area contributed by atoms with Crippen molar-refractivity contribution in [3.63, 3.8) is 0 Å². The van der Waals surface area contributed by atoms with Crippen LogP contribution in [0.1, 0.15) is 24.5 Å². The number of rotatable bonds is 2. The summed E-state index contributed by atoms with van der Waals surface area (Å²) in [5.74, 6) is 0.647. The zero-order chi connectivity index (χ0) is 11.5. The second-order valence-electron chi connectivity index (χ2n) is 4.47. The van der Waals surface area contributed by atoms with Crippen LogP contribution in [-0.2, 0) is 0 Å². The van der Waals surface area contributed by atoms with E-state index < -0.39 is 0 Å². The van der Waals surface area contributed by atoms with Gasteiger partial charge in [-0.15, -0.1) is 11.3 Å². The second-order valence-corrected chi connectivity index (χ2v) is 5.42. The zero-order valence-electron chi connectivity index (χ0n) is 9.73. The van der Waals surface area contributed by atoms with Crippen LogP contribution < -0.4 is 5.32 Å². The van der Waals surface area contributed by atoms with Gasteiger partial charge in [-0.25, -0.2) is 0 Å². The molecule has 1 N–H and O–H groups in total. The monoisotopic (exact) mass is 244 g/mol. The van der Waals surface area contributed by atoms with Crippen LogP contribution >= 0.6 is 11.3 Å². The summed E-state index contributed by atoms with van der Waals surface area (Å²) in [7, 11) is 0. The molecule has 17 heavy (non-hydrogen) atoms. The topological polar surface area (TPSA) is 24.9 Å². The molecule has 0 spiro atoms. The lowest BCUT2D eigenvalue weighted by Crippen LogP contribution is -2.26. The van der Waals surface area contributed by atoms with E-state index in [-0.39, 0.29) is 0 Å². The van der Waals surface area contributed by atoms with Crippen molar-refractivity contribution < 1.29 is 0 Å². The van der Waals surface area contributed by atoms with Crippen LogP contribution in [0.25, 0.3) is 10.4 Å². The smallest absolute Gasteiger partial charge is 0.0435 e. The standard InChI is InChI=1S/C14H16N2S/c1-2-14(17-9-1)12-3-4-13(16-10-12)11-5-7-15-8-6-11/h1-4,9-11,15H,5-8H2. The Morgan fingerprint density at radius 1 is 1.18 bits per heavy atom. The number of pyridine rings is 1.